The number of hydrogen-bond donors (Lipinski definition) is 1. The number of benzene rings is 2. The molecule has 1 amide bonds. The van der Waals surface area contributed by atoms with Gasteiger partial charge in [0.15, 0.2) is 0 Å². The van der Waals surface area contributed by atoms with Crippen LogP contribution in [0, 0.1) is 11.6 Å². The molecule has 0 spiro atoms. The van der Waals surface area contributed by atoms with E-state index < -0.39 is 40.9 Å². The minimum absolute atomic E-state index is 0.252. The van der Waals surface area contributed by atoms with Gasteiger partial charge in [0.2, 0.25) is 0 Å². The van der Waals surface area contributed by atoms with Crippen LogP contribution in [0.15, 0.2) is 42.5 Å². The summed E-state index contributed by atoms with van der Waals surface area (Å²) in [5, 5.41) is 2.54. The van der Waals surface area contributed by atoms with Gasteiger partial charge < -0.3 is 5.32 Å². The van der Waals surface area contributed by atoms with Gasteiger partial charge in [0.1, 0.15) is 11.6 Å². The topological polar surface area (TPSA) is 29.1 Å². The van der Waals surface area contributed by atoms with E-state index in [2.05, 4.69) is 5.32 Å². The molecule has 25 heavy (non-hydrogen) atoms. The van der Waals surface area contributed by atoms with E-state index in [4.69, 9.17) is 0 Å². The number of nitrogens with one attached hydrogen (secondary N) is 1. The summed E-state index contributed by atoms with van der Waals surface area (Å²) in [6, 6.07) is 7.18. The minimum atomic E-state index is -4.64. The Morgan fingerprint density at radius 3 is 2.36 bits per heavy atom. The van der Waals surface area contributed by atoms with Gasteiger partial charge in [-0.15, -0.1) is 0 Å². The summed E-state index contributed by atoms with van der Waals surface area (Å²) >= 11 is 0. The third kappa shape index (κ3) is 3.50. The summed E-state index contributed by atoms with van der Waals surface area (Å²) in [6.07, 6.45) is -3.56. The van der Waals surface area contributed by atoms with Crippen molar-refractivity contribution in [2.45, 2.75) is 31.0 Å². The molecule has 2 aromatic carbocycles. The second-order valence-corrected chi connectivity index (χ2v) is 5.97. The second kappa shape index (κ2) is 6.46. The maximum Gasteiger partial charge on any atom is 0.417 e. The fraction of sp³-hybridized carbons (Fsp3) is 0.278. The number of hydrogen-bond acceptors (Lipinski definition) is 1. The maximum atomic E-state index is 13.9. The Balaban J connectivity index is 1.78. The Bertz CT molecular complexity index is 802. The van der Waals surface area contributed by atoms with Crippen molar-refractivity contribution in [1.29, 1.82) is 0 Å². The van der Waals surface area contributed by atoms with Crippen LogP contribution in [0.2, 0.25) is 0 Å². The number of amides is 1. The molecule has 7 heteroatoms. The first-order valence-corrected chi connectivity index (χ1v) is 7.69. The molecule has 0 aliphatic heterocycles. The smallest absolute Gasteiger partial charge is 0.349 e. The predicted molar refractivity (Wildman–Crippen MR) is 81.0 cm³/mol. The van der Waals surface area contributed by atoms with E-state index >= 15 is 0 Å². The highest BCUT2D eigenvalue weighted by Gasteiger charge is 2.38. The van der Waals surface area contributed by atoms with Crippen LogP contribution >= 0.6 is 0 Å². The maximum absolute atomic E-state index is 13.9. The summed E-state index contributed by atoms with van der Waals surface area (Å²) in [6.45, 7) is 0. The van der Waals surface area contributed by atoms with E-state index in [1.807, 2.05) is 0 Å². The van der Waals surface area contributed by atoms with Crippen LogP contribution in [0.5, 0.6) is 0 Å². The van der Waals surface area contributed by atoms with Crippen molar-refractivity contribution >= 4 is 5.91 Å². The molecule has 2 atom stereocenters. The fourth-order valence-electron chi connectivity index (χ4n) is 3.02. The van der Waals surface area contributed by atoms with Crippen LogP contribution in [0.25, 0.3) is 0 Å². The van der Waals surface area contributed by atoms with Gasteiger partial charge in [0, 0.05) is 18.0 Å². The Morgan fingerprint density at radius 1 is 1.04 bits per heavy atom. The van der Waals surface area contributed by atoms with Crippen molar-refractivity contribution in [1.82, 2.24) is 5.32 Å². The number of carbonyl (C=O) groups is 1. The van der Waals surface area contributed by atoms with Crippen molar-refractivity contribution in [3.8, 4) is 0 Å². The first-order valence-electron chi connectivity index (χ1n) is 7.69. The van der Waals surface area contributed by atoms with Gasteiger partial charge in [-0.25, -0.2) is 8.78 Å². The van der Waals surface area contributed by atoms with Crippen molar-refractivity contribution < 1.29 is 26.7 Å². The average molecular weight is 355 g/mol. The molecule has 1 fully saturated rings. The van der Waals surface area contributed by atoms with Crippen molar-refractivity contribution in [2.24, 2.45) is 0 Å². The Hall–Kier alpha value is -2.44. The molecule has 0 bridgehead atoms. The van der Waals surface area contributed by atoms with Gasteiger partial charge in [0.25, 0.3) is 5.91 Å². The molecule has 1 aliphatic rings. The minimum Gasteiger partial charge on any atom is -0.349 e. The Morgan fingerprint density at radius 2 is 1.76 bits per heavy atom. The van der Waals surface area contributed by atoms with Crippen molar-refractivity contribution in [2.75, 3.05) is 0 Å². The van der Waals surface area contributed by atoms with Gasteiger partial charge >= 0.3 is 6.18 Å². The van der Waals surface area contributed by atoms with Crippen LogP contribution in [0.3, 0.4) is 0 Å². The molecule has 1 saturated carbocycles. The molecule has 0 unspecified atom stereocenters. The first-order chi connectivity index (χ1) is 11.8. The molecular formula is C18H14F5NO. The molecule has 2 nitrogen and oxygen atoms in total. The van der Waals surface area contributed by atoms with Crippen LogP contribution in [0.1, 0.15) is 40.2 Å². The third-order valence-electron chi connectivity index (χ3n) is 4.43. The largest absolute Gasteiger partial charge is 0.417 e. The van der Waals surface area contributed by atoms with E-state index in [1.165, 1.54) is 18.2 Å². The monoisotopic (exact) mass is 355 g/mol. The third-order valence-corrected chi connectivity index (χ3v) is 4.43. The zero-order chi connectivity index (χ0) is 18.2. The Labute approximate surface area is 140 Å². The number of carbonyl (C=O) groups excluding carboxylic acids is 1. The van der Waals surface area contributed by atoms with Gasteiger partial charge in [-0.05, 0) is 36.6 Å². The van der Waals surface area contributed by atoms with Gasteiger partial charge in [-0.3, -0.25) is 4.79 Å². The molecule has 132 valence electrons. The van der Waals surface area contributed by atoms with Gasteiger partial charge in [0.05, 0.1) is 11.1 Å². The summed E-state index contributed by atoms with van der Waals surface area (Å²) in [4.78, 5) is 12.3. The van der Waals surface area contributed by atoms with Crippen LogP contribution in [-0.4, -0.2) is 11.9 Å². The highest BCUT2D eigenvalue weighted by molar-refractivity contribution is 5.96. The van der Waals surface area contributed by atoms with E-state index in [0.29, 0.717) is 12.8 Å². The Kier molecular flexibility index (Phi) is 4.49. The van der Waals surface area contributed by atoms with Crippen LogP contribution in [-0.2, 0) is 6.18 Å². The molecule has 3 rings (SSSR count). The lowest BCUT2D eigenvalue weighted by Crippen LogP contribution is -2.46. The van der Waals surface area contributed by atoms with E-state index in [0.717, 1.165) is 24.3 Å². The summed E-state index contributed by atoms with van der Waals surface area (Å²) in [5.74, 6) is -2.67. The molecule has 0 saturated heterocycles. The first kappa shape index (κ1) is 17.4. The van der Waals surface area contributed by atoms with E-state index in [9.17, 15) is 26.7 Å². The molecule has 2 aromatic rings. The second-order valence-electron chi connectivity index (χ2n) is 5.97. The average Bonchev–Trinajstić information content (AvgIpc) is 2.53. The zero-order valence-electron chi connectivity index (χ0n) is 12.9. The summed E-state index contributed by atoms with van der Waals surface area (Å²) < 4.78 is 65.9. The molecule has 0 aromatic heterocycles. The number of rotatable bonds is 3. The number of alkyl halides is 3. The van der Waals surface area contributed by atoms with Gasteiger partial charge in [-0.2, -0.15) is 13.2 Å². The van der Waals surface area contributed by atoms with Crippen LogP contribution in [0.4, 0.5) is 22.0 Å². The van der Waals surface area contributed by atoms with Crippen molar-refractivity contribution in [3.05, 3.63) is 70.8 Å². The van der Waals surface area contributed by atoms with Crippen molar-refractivity contribution in [3.63, 3.8) is 0 Å². The van der Waals surface area contributed by atoms with E-state index in [1.54, 1.807) is 0 Å². The highest BCUT2D eigenvalue weighted by Crippen LogP contribution is 2.39. The molecule has 1 aliphatic carbocycles. The lowest BCUT2D eigenvalue weighted by atomic mass is 9.74. The molecular weight excluding hydrogens is 341 g/mol. The summed E-state index contributed by atoms with van der Waals surface area (Å²) in [7, 11) is 0. The fourth-order valence-corrected chi connectivity index (χ4v) is 3.02. The van der Waals surface area contributed by atoms with E-state index in [-0.39, 0.29) is 11.5 Å². The lowest BCUT2D eigenvalue weighted by molar-refractivity contribution is -0.137. The lowest BCUT2D eigenvalue weighted by Gasteiger charge is -2.37. The molecule has 0 radical (unpaired) electrons. The molecule has 1 N–H and O–H groups in total. The predicted octanol–water partition coefficient (Wildman–Crippen LogP) is 4.66. The quantitative estimate of drug-likeness (QED) is 0.797. The zero-order valence-corrected chi connectivity index (χ0v) is 12.9. The standard InChI is InChI=1S/C18H14F5NO/c19-10-5-6-11(15(20)9-10)12-7-8-16(12)24-17(25)13-3-1-2-4-14(13)18(21,22)23/h1-6,9,12,16H,7-8H2,(H,24,25)/t12-,16-/m0/s1. The molecule has 0 heterocycles. The normalized spacial score (nSPS) is 20.0. The van der Waals surface area contributed by atoms with Crippen LogP contribution < -0.4 is 5.32 Å². The SMILES string of the molecule is O=C(N[C@H]1CC[C@H]1c1ccc(F)cc1F)c1ccccc1C(F)(F)F. The summed E-state index contributed by atoms with van der Waals surface area (Å²) in [5.41, 5.74) is -1.24. The number of halogens is 5. The highest BCUT2D eigenvalue weighted by atomic mass is 19.4. The van der Waals surface area contributed by atoms with Gasteiger partial charge in [-0.1, -0.05) is 18.2 Å².